The summed E-state index contributed by atoms with van der Waals surface area (Å²) in [5, 5.41) is 3.49. The number of nitrogens with one attached hydrogen (secondary N) is 1. The molecule has 3 aromatic rings. The monoisotopic (exact) mass is 417 g/mol. The number of benzene rings is 2. The van der Waals surface area contributed by atoms with Crippen molar-refractivity contribution in [1.29, 1.82) is 0 Å². The topological polar surface area (TPSA) is 64.1 Å². The van der Waals surface area contributed by atoms with Gasteiger partial charge in [0.1, 0.15) is 0 Å². The normalized spacial score (nSPS) is 11.7. The minimum Gasteiger partial charge on any atom is -0.419 e. The van der Waals surface area contributed by atoms with E-state index in [0.717, 1.165) is 18.4 Å². The molecule has 0 fully saturated rings. The maximum absolute atomic E-state index is 12.6. The quantitative estimate of drug-likeness (QED) is 0.324. The number of hydrogen-bond acceptors (Lipinski definition) is 5. The van der Waals surface area contributed by atoms with Crippen LogP contribution >= 0.6 is 0 Å². The molecular formula is C26H31N3O2. The molecule has 5 nitrogen and oxygen atoms in total. The van der Waals surface area contributed by atoms with Gasteiger partial charge in [0.05, 0.1) is 23.0 Å². The van der Waals surface area contributed by atoms with Crippen molar-refractivity contribution in [3.63, 3.8) is 0 Å². The van der Waals surface area contributed by atoms with Gasteiger partial charge in [-0.25, -0.2) is 14.8 Å². The van der Waals surface area contributed by atoms with Crippen molar-refractivity contribution in [3.05, 3.63) is 82.7 Å². The van der Waals surface area contributed by atoms with E-state index in [1.165, 1.54) is 18.4 Å². The second kappa shape index (κ2) is 10.7. The molecule has 0 saturated heterocycles. The number of anilines is 1. The first-order valence-electron chi connectivity index (χ1n) is 10.9. The molecular weight excluding hydrogens is 386 g/mol. The van der Waals surface area contributed by atoms with Gasteiger partial charge in [0.25, 0.3) is 0 Å². The van der Waals surface area contributed by atoms with Crippen molar-refractivity contribution in [3.8, 4) is 5.75 Å². The summed E-state index contributed by atoms with van der Waals surface area (Å²) >= 11 is 0. The van der Waals surface area contributed by atoms with Crippen LogP contribution in [0, 0.1) is 20.8 Å². The molecule has 0 spiro atoms. The molecule has 1 atom stereocenters. The summed E-state index contributed by atoms with van der Waals surface area (Å²) in [6.45, 7) is 7.78. The van der Waals surface area contributed by atoms with Crippen LogP contribution in [0.25, 0.3) is 0 Å². The number of nitrogens with zero attached hydrogens (tertiary/aromatic N) is 2. The molecule has 0 radical (unpaired) electrons. The number of esters is 1. The van der Waals surface area contributed by atoms with E-state index in [2.05, 4.69) is 46.5 Å². The van der Waals surface area contributed by atoms with Crippen molar-refractivity contribution in [2.45, 2.75) is 59.4 Å². The molecule has 0 amide bonds. The molecule has 0 aliphatic heterocycles. The Balaban J connectivity index is 1.79. The molecule has 1 aromatic heterocycles. The van der Waals surface area contributed by atoms with Crippen molar-refractivity contribution >= 4 is 11.9 Å². The second-order valence-corrected chi connectivity index (χ2v) is 7.85. The zero-order chi connectivity index (χ0) is 22.2. The van der Waals surface area contributed by atoms with Gasteiger partial charge in [0.15, 0.2) is 5.75 Å². The molecule has 31 heavy (non-hydrogen) atoms. The Kier molecular flexibility index (Phi) is 7.76. The Morgan fingerprint density at radius 1 is 0.935 bits per heavy atom. The molecule has 0 saturated carbocycles. The fourth-order valence-electron chi connectivity index (χ4n) is 3.63. The predicted octanol–water partition coefficient (Wildman–Crippen LogP) is 6.35. The first-order chi connectivity index (χ1) is 15.0. The molecule has 1 N–H and O–H groups in total. The standard InChI is InChI=1S/C26H31N3O2/c1-5-6-8-17-23(21-14-9-7-10-15-21)29-26-27-19(3)24(20(4)28-26)31-25(30)22-16-12-11-13-18(22)2/h7,9-16,23H,5-6,8,17H2,1-4H3,(H,27,28,29). The van der Waals surface area contributed by atoms with E-state index >= 15 is 0 Å². The Hall–Kier alpha value is -3.21. The van der Waals surface area contributed by atoms with Crippen LogP contribution in [0.3, 0.4) is 0 Å². The van der Waals surface area contributed by atoms with Crippen molar-refractivity contribution in [2.75, 3.05) is 5.32 Å². The molecule has 1 unspecified atom stereocenters. The summed E-state index contributed by atoms with van der Waals surface area (Å²) in [5.41, 5.74) is 3.91. The van der Waals surface area contributed by atoms with Gasteiger partial charge < -0.3 is 10.1 Å². The van der Waals surface area contributed by atoms with Crippen LogP contribution in [0.5, 0.6) is 5.75 Å². The zero-order valence-electron chi connectivity index (χ0n) is 18.8. The summed E-state index contributed by atoms with van der Waals surface area (Å²) in [6, 6.07) is 17.9. The summed E-state index contributed by atoms with van der Waals surface area (Å²) < 4.78 is 5.68. The zero-order valence-corrected chi connectivity index (χ0v) is 18.8. The lowest BCUT2D eigenvalue weighted by Crippen LogP contribution is -2.16. The largest absolute Gasteiger partial charge is 0.419 e. The summed E-state index contributed by atoms with van der Waals surface area (Å²) in [7, 11) is 0. The van der Waals surface area contributed by atoms with Gasteiger partial charge in [-0.3, -0.25) is 0 Å². The van der Waals surface area contributed by atoms with Crippen molar-refractivity contribution < 1.29 is 9.53 Å². The highest BCUT2D eigenvalue weighted by Crippen LogP contribution is 2.27. The van der Waals surface area contributed by atoms with E-state index in [-0.39, 0.29) is 6.04 Å². The molecule has 3 rings (SSSR count). The van der Waals surface area contributed by atoms with E-state index in [1.807, 2.05) is 45.0 Å². The SMILES string of the molecule is CCCCCC(Nc1nc(C)c(OC(=O)c2ccccc2C)c(C)n1)c1ccccc1. The molecule has 0 aliphatic carbocycles. The fourth-order valence-corrected chi connectivity index (χ4v) is 3.63. The predicted molar refractivity (Wildman–Crippen MR) is 125 cm³/mol. The Labute approximate surface area is 184 Å². The lowest BCUT2D eigenvalue weighted by atomic mass is 10.0. The lowest BCUT2D eigenvalue weighted by molar-refractivity contribution is 0.0730. The highest BCUT2D eigenvalue weighted by atomic mass is 16.5. The number of carbonyl (C=O) groups excluding carboxylic acids is 1. The number of carbonyl (C=O) groups is 1. The van der Waals surface area contributed by atoms with Gasteiger partial charge in [-0.1, -0.05) is 74.7 Å². The first-order valence-corrected chi connectivity index (χ1v) is 10.9. The van der Waals surface area contributed by atoms with Crippen LogP contribution in [-0.4, -0.2) is 15.9 Å². The Bertz CT molecular complexity index is 995. The van der Waals surface area contributed by atoms with Gasteiger partial charge in [0, 0.05) is 0 Å². The highest BCUT2D eigenvalue weighted by Gasteiger charge is 2.18. The number of aryl methyl sites for hydroxylation is 3. The Morgan fingerprint density at radius 3 is 2.23 bits per heavy atom. The third-order valence-corrected chi connectivity index (χ3v) is 5.37. The van der Waals surface area contributed by atoms with E-state index in [4.69, 9.17) is 4.74 Å². The second-order valence-electron chi connectivity index (χ2n) is 7.85. The molecule has 2 aromatic carbocycles. The number of unbranched alkanes of at least 4 members (excludes halogenated alkanes) is 2. The summed E-state index contributed by atoms with van der Waals surface area (Å²) in [5.74, 6) is 0.576. The van der Waals surface area contributed by atoms with Crippen LogP contribution in [-0.2, 0) is 0 Å². The molecule has 0 aliphatic rings. The third-order valence-electron chi connectivity index (χ3n) is 5.37. The van der Waals surface area contributed by atoms with Gasteiger partial charge in [-0.05, 0) is 44.4 Å². The molecule has 162 valence electrons. The van der Waals surface area contributed by atoms with Crippen molar-refractivity contribution in [2.24, 2.45) is 0 Å². The van der Waals surface area contributed by atoms with Gasteiger partial charge in [-0.2, -0.15) is 0 Å². The molecule has 5 heteroatoms. The van der Waals surface area contributed by atoms with Crippen LogP contribution in [0.2, 0.25) is 0 Å². The summed E-state index contributed by atoms with van der Waals surface area (Å²) in [4.78, 5) is 21.8. The number of ether oxygens (including phenoxy) is 1. The molecule has 0 bridgehead atoms. The maximum atomic E-state index is 12.6. The average Bonchev–Trinajstić information content (AvgIpc) is 2.76. The number of rotatable bonds is 9. The number of aromatic nitrogens is 2. The third kappa shape index (κ3) is 5.91. The molecule has 1 heterocycles. The average molecular weight is 418 g/mol. The van der Waals surface area contributed by atoms with Crippen LogP contribution < -0.4 is 10.1 Å². The van der Waals surface area contributed by atoms with Gasteiger partial charge >= 0.3 is 5.97 Å². The maximum Gasteiger partial charge on any atom is 0.343 e. The number of hydrogen-bond donors (Lipinski definition) is 1. The highest BCUT2D eigenvalue weighted by molar-refractivity contribution is 5.92. The minimum absolute atomic E-state index is 0.131. The van der Waals surface area contributed by atoms with Gasteiger partial charge in [0.2, 0.25) is 5.95 Å². The van der Waals surface area contributed by atoms with E-state index < -0.39 is 5.97 Å². The summed E-state index contributed by atoms with van der Waals surface area (Å²) in [6.07, 6.45) is 4.51. The fraction of sp³-hybridized carbons (Fsp3) is 0.346. The van der Waals surface area contributed by atoms with Crippen LogP contribution in [0.1, 0.15) is 71.5 Å². The lowest BCUT2D eigenvalue weighted by Gasteiger charge is -2.20. The van der Waals surface area contributed by atoms with Crippen LogP contribution in [0.4, 0.5) is 5.95 Å². The van der Waals surface area contributed by atoms with Gasteiger partial charge in [-0.15, -0.1) is 0 Å². The first kappa shape index (κ1) is 22.5. The minimum atomic E-state index is -0.393. The van der Waals surface area contributed by atoms with E-state index in [1.54, 1.807) is 6.07 Å². The van der Waals surface area contributed by atoms with E-state index in [0.29, 0.717) is 28.6 Å². The van der Waals surface area contributed by atoms with Crippen molar-refractivity contribution in [1.82, 2.24) is 9.97 Å². The van der Waals surface area contributed by atoms with E-state index in [9.17, 15) is 4.79 Å². The Morgan fingerprint density at radius 2 is 1.58 bits per heavy atom. The van der Waals surface area contributed by atoms with Crippen LogP contribution in [0.15, 0.2) is 54.6 Å². The smallest absolute Gasteiger partial charge is 0.343 e.